The highest BCUT2D eigenvalue weighted by Gasteiger charge is 2.32. The van der Waals surface area contributed by atoms with Crippen LogP contribution in [0.3, 0.4) is 0 Å². The maximum atomic E-state index is 13.5. The van der Waals surface area contributed by atoms with E-state index in [-0.39, 0.29) is 11.3 Å². The maximum absolute atomic E-state index is 13.5. The number of fused-ring (bicyclic) bond motifs is 3. The molecule has 5 rings (SSSR count). The van der Waals surface area contributed by atoms with Crippen molar-refractivity contribution in [2.24, 2.45) is 5.92 Å². The van der Waals surface area contributed by atoms with E-state index in [4.69, 9.17) is 11.6 Å². The number of nitrogens with zero attached hydrogens (tertiary/aromatic N) is 4. The highest BCUT2D eigenvalue weighted by molar-refractivity contribution is 6.25. The van der Waals surface area contributed by atoms with Gasteiger partial charge in [0.2, 0.25) is 0 Å². The van der Waals surface area contributed by atoms with Crippen LogP contribution in [0, 0.1) is 5.92 Å². The number of alkyl halides is 4. The lowest BCUT2D eigenvalue weighted by molar-refractivity contribution is -0.140. The van der Waals surface area contributed by atoms with Crippen LogP contribution in [-0.2, 0) is 6.54 Å². The first-order chi connectivity index (χ1) is 14.8. The molecule has 4 nitrogen and oxygen atoms in total. The van der Waals surface area contributed by atoms with E-state index >= 15 is 0 Å². The van der Waals surface area contributed by atoms with Gasteiger partial charge in [0.1, 0.15) is 6.54 Å². The summed E-state index contributed by atoms with van der Waals surface area (Å²) in [6, 6.07) is 11.3. The molecule has 158 valence electrons. The fourth-order valence-corrected chi connectivity index (χ4v) is 4.54. The Morgan fingerprint density at radius 3 is 2.61 bits per heavy atom. The molecular weight excluding hydrogens is 425 g/mol. The SMILES string of the molecule is CC1C(c2cnn(-c3ccccc3)c2)=c2c(c3ccncc3n2CC(F)(F)F)=CC1Cl. The van der Waals surface area contributed by atoms with Crippen LogP contribution in [0.1, 0.15) is 12.5 Å². The summed E-state index contributed by atoms with van der Waals surface area (Å²) < 4.78 is 43.7. The monoisotopic (exact) mass is 442 g/mol. The maximum Gasteiger partial charge on any atom is 0.406 e. The second kappa shape index (κ2) is 7.27. The fraction of sp³-hybridized carbons (Fsp3) is 0.217. The van der Waals surface area contributed by atoms with E-state index in [1.165, 1.54) is 10.8 Å². The van der Waals surface area contributed by atoms with Crippen molar-refractivity contribution in [2.75, 3.05) is 0 Å². The zero-order valence-electron chi connectivity index (χ0n) is 16.5. The lowest BCUT2D eigenvalue weighted by atomic mass is 9.88. The van der Waals surface area contributed by atoms with Gasteiger partial charge in [-0.1, -0.05) is 31.2 Å². The van der Waals surface area contributed by atoms with E-state index in [0.29, 0.717) is 21.5 Å². The molecule has 0 radical (unpaired) electrons. The van der Waals surface area contributed by atoms with Crippen molar-refractivity contribution in [3.05, 3.63) is 77.3 Å². The lowest BCUT2D eigenvalue weighted by Crippen LogP contribution is -2.41. The van der Waals surface area contributed by atoms with Crippen molar-refractivity contribution < 1.29 is 13.2 Å². The predicted octanol–water partition coefficient (Wildman–Crippen LogP) is 4.02. The summed E-state index contributed by atoms with van der Waals surface area (Å²) in [5, 5.41) is 6.03. The smallest absolute Gasteiger partial charge is 0.330 e. The second-order valence-electron chi connectivity index (χ2n) is 7.68. The Hall–Kier alpha value is -3.06. The van der Waals surface area contributed by atoms with Crippen LogP contribution in [0.25, 0.3) is 28.2 Å². The fourth-order valence-electron chi connectivity index (χ4n) is 4.29. The molecule has 0 amide bonds. The Labute approximate surface area is 180 Å². The van der Waals surface area contributed by atoms with Gasteiger partial charge in [-0.05, 0) is 23.8 Å². The first-order valence-electron chi connectivity index (χ1n) is 9.83. The summed E-state index contributed by atoms with van der Waals surface area (Å²) in [5.41, 5.74) is 2.80. The molecule has 0 aliphatic heterocycles. The predicted molar refractivity (Wildman–Crippen MR) is 114 cm³/mol. The van der Waals surface area contributed by atoms with Gasteiger partial charge in [-0.15, -0.1) is 11.6 Å². The molecule has 31 heavy (non-hydrogen) atoms. The third kappa shape index (κ3) is 3.43. The first-order valence-corrected chi connectivity index (χ1v) is 10.3. The van der Waals surface area contributed by atoms with Crippen LogP contribution in [0.4, 0.5) is 13.2 Å². The summed E-state index contributed by atoms with van der Waals surface area (Å²) in [7, 11) is 0. The number of benzene rings is 1. The summed E-state index contributed by atoms with van der Waals surface area (Å²) in [6.07, 6.45) is 4.06. The molecule has 0 fully saturated rings. The van der Waals surface area contributed by atoms with Crippen LogP contribution in [0.5, 0.6) is 0 Å². The van der Waals surface area contributed by atoms with Gasteiger partial charge in [0.25, 0.3) is 0 Å². The van der Waals surface area contributed by atoms with Crippen LogP contribution >= 0.6 is 11.6 Å². The van der Waals surface area contributed by atoms with E-state index in [9.17, 15) is 13.2 Å². The Morgan fingerprint density at radius 1 is 1.10 bits per heavy atom. The van der Waals surface area contributed by atoms with Gasteiger partial charge in [-0.2, -0.15) is 18.3 Å². The van der Waals surface area contributed by atoms with Crippen molar-refractivity contribution in [3.8, 4) is 5.69 Å². The quantitative estimate of drug-likeness (QED) is 0.449. The van der Waals surface area contributed by atoms with Crippen molar-refractivity contribution >= 4 is 34.2 Å². The standard InChI is InChI=1S/C23H18ClF3N4/c1-14-19(24)9-18-17-7-8-28-11-20(17)30(13-23(25,26)27)22(18)21(14)15-10-29-31(12-15)16-5-3-2-4-6-16/h2-12,14,19H,13H2,1H3. The minimum atomic E-state index is -4.38. The molecule has 2 unspecified atom stereocenters. The Balaban J connectivity index is 1.84. The Bertz CT molecular complexity index is 1390. The molecule has 8 heteroatoms. The topological polar surface area (TPSA) is 35.6 Å². The second-order valence-corrected chi connectivity index (χ2v) is 8.18. The summed E-state index contributed by atoms with van der Waals surface area (Å²) in [5.74, 6) is -0.202. The van der Waals surface area contributed by atoms with Crippen molar-refractivity contribution in [1.82, 2.24) is 19.3 Å². The van der Waals surface area contributed by atoms with E-state index < -0.39 is 12.7 Å². The summed E-state index contributed by atoms with van der Waals surface area (Å²) >= 11 is 6.66. The van der Waals surface area contributed by atoms with E-state index in [1.54, 1.807) is 23.1 Å². The van der Waals surface area contributed by atoms with Gasteiger partial charge in [-0.25, -0.2) is 4.68 Å². The van der Waals surface area contributed by atoms with Crippen molar-refractivity contribution in [3.63, 3.8) is 0 Å². The molecule has 1 aliphatic rings. The molecule has 3 heterocycles. The average molecular weight is 443 g/mol. The number of pyridine rings is 1. The van der Waals surface area contributed by atoms with Gasteiger partial charge in [0.05, 0.1) is 34.3 Å². The molecule has 2 atom stereocenters. The van der Waals surface area contributed by atoms with Crippen LogP contribution in [0.15, 0.2) is 61.2 Å². The molecule has 1 aliphatic carbocycles. The van der Waals surface area contributed by atoms with E-state index in [1.807, 2.05) is 49.5 Å². The molecule has 3 aromatic heterocycles. The molecule has 1 aromatic carbocycles. The van der Waals surface area contributed by atoms with Gasteiger partial charge < -0.3 is 4.57 Å². The summed E-state index contributed by atoms with van der Waals surface area (Å²) in [6.45, 7) is 0.828. The van der Waals surface area contributed by atoms with Gasteiger partial charge in [0.15, 0.2) is 0 Å². The minimum absolute atomic E-state index is 0.202. The third-order valence-corrected chi connectivity index (χ3v) is 6.18. The first kappa shape index (κ1) is 19.9. The minimum Gasteiger partial charge on any atom is -0.330 e. The third-order valence-electron chi connectivity index (χ3n) is 5.67. The van der Waals surface area contributed by atoms with Crippen LogP contribution < -0.4 is 10.6 Å². The van der Waals surface area contributed by atoms with Crippen molar-refractivity contribution in [1.29, 1.82) is 0 Å². The number of para-hydroxylation sites is 1. The number of aromatic nitrogens is 4. The van der Waals surface area contributed by atoms with Crippen molar-refractivity contribution in [2.45, 2.75) is 25.0 Å². The number of rotatable bonds is 3. The largest absolute Gasteiger partial charge is 0.406 e. The molecule has 0 N–H and O–H groups in total. The van der Waals surface area contributed by atoms with Gasteiger partial charge >= 0.3 is 6.18 Å². The number of hydrogen-bond donors (Lipinski definition) is 0. The van der Waals surface area contributed by atoms with Gasteiger partial charge in [0, 0.05) is 34.5 Å². The zero-order chi connectivity index (χ0) is 21.8. The Morgan fingerprint density at radius 2 is 1.87 bits per heavy atom. The highest BCUT2D eigenvalue weighted by Crippen LogP contribution is 2.30. The summed E-state index contributed by atoms with van der Waals surface area (Å²) in [4.78, 5) is 4.07. The van der Waals surface area contributed by atoms with Crippen LogP contribution in [0.2, 0.25) is 0 Å². The lowest BCUT2D eigenvalue weighted by Gasteiger charge is -2.22. The van der Waals surface area contributed by atoms with E-state index in [0.717, 1.165) is 16.8 Å². The molecule has 0 bridgehead atoms. The molecule has 0 saturated heterocycles. The molecule has 0 spiro atoms. The molecule has 4 aromatic rings. The molecule has 0 saturated carbocycles. The highest BCUT2D eigenvalue weighted by atomic mass is 35.5. The Kier molecular flexibility index (Phi) is 4.66. The zero-order valence-corrected chi connectivity index (χ0v) is 17.3. The molecular formula is C23H18ClF3N4. The number of halogens is 4. The van der Waals surface area contributed by atoms with Crippen LogP contribution in [-0.4, -0.2) is 30.9 Å². The average Bonchev–Trinajstić information content (AvgIpc) is 3.33. The normalized spacial score (nSPS) is 18.8. The number of hydrogen-bond acceptors (Lipinski definition) is 2. The van der Waals surface area contributed by atoms with E-state index in [2.05, 4.69) is 10.1 Å². The van der Waals surface area contributed by atoms with Gasteiger partial charge in [-0.3, -0.25) is 4.98 Å².